The maximum absolute atomic E-state index is 12.7. The molecule has 144 valence electrons. The number of unbranched alkanes of at least 4 members (excludes halogenated alkanes) is 1. The second kappa shape index (κ2) is 8.03. The van der Waals surface area contributed by atoms with Gasteiger partial charge in [0.05, 0.1) is 25.3 Å². The Morgan fingerprint density at radius 1 is 1.26 bits per heavy atom. The van der Waals surface area contributed by atoms with Gasteiger partial charge < -0.3 is 24.3 Å². The smallest absolute Gasteiger partial charge is 0.277 e. The van der Waals surface area contributed by atoms with E-state index >= 15 is 0 Å². The Balaban J connectivity index is 2.31. The average molecular weight is 373 g/mol. The highest BCUT2D eigenvalue weighted by atomic mass is 16.5. The van der Waals surface area contributed by atoms with Crippen molar-refractivity contribution < 1.29 is 19.3 Å². The molecule has 2 heterocycles. The lowest BCUT2D eigenvalue weighted by atomic mass is 9.97. The van der Waals surface area contributed by atoms with Crippen LogP contribution in [0.5, 0.6) is 17.2 Å². The highest BCUT2D eigenvalue weighted by molar-refractivity contribution is 5.86. The van der Waals surface area contributed by atoms with Gasteiger partial charge in [-0.25, -0.2) is 5.01 Å². The van der Waals surface area contributed by atoms with E-state index in [4.69, 9.17) is 14.2 Å². The fourth-order valence-corrected chi connectivity index (χ4v) is 3.12. The van der Waals surface area contributed by atoms with Crippen LogP contribution in [0.15, 0.2) is 28.1 Å². The first-order valence-corrected chi connectivity index (χ1v) is 8.73. The number of aromatic hydroxyl groups is 1. The van der Waals surface area contributed by atoms with E-state index in [1.54, 1.807) is 32.4 Å². The Bertz CT molecular complexity index is 885. The summed E-state index contributed by atoms with van der Waals surface area (Å²) in [7, 11) is 3.10. The van der Waals surface area contributed by atoms with Crippen LogP contribution >= 0.6 is 0 Å². The molecule has 0 aliphatic carbocycles. The van der Waals surface area contributed by atoms with Crippen molar-refractivity contribution in [1.29, 1.82) is 0 Å². The third-order valence-corrected chi connectivity index (χ3v) is 4.42. The molecule has 0 amide bonds. The van der Waals surface area contributed by atoms with E-state index in [1.165, 1.54) is 11.4 Å². The van der Waals surface area contributed by atoms with Crippen molar-refractivity contribution in [3.8, 4) is 28.4 Å². The summed E-state index contributed by atoms with van der Waals surface area (Å²) in [4.78, 5) is 15.6. The molecule has 0 bridgehead atoms. The zero-order valence-corrected chi connectivity index (χ0v) is 15.6. The number of hydrogen-bond donors (Lipinski definition) is 2. The van der Waals surface area contributed by atoms with E-state index in [9.17, 15) is 9.90 Å². The van der Waals surface area contributed by atoms with Crippen molar-refractivity contribution >= 4 is 12.1 Å². The summed E-state index contributed by atoms with van der Waals surface area (Å²) in [6, 6.07) is 5.36. The lowest BCUT2D eigenvalue weighted by molar-refractivity contribution is 0.347. The normalized spacial score (nSPS) is 12.9. The zero-order chi connectivity index (χ0) is 19.4. The van der Waals surface area contributed by atoms with Gasteiger partial charge >= 0.3 is 0 Å². The van der Waals surface area contributed by atoms with Gasteiger partial charge in [-0.3, -0.25) is 4.79 Å². The summed E-state index contributed by atoms with van der Waals surface area (Å²) in [6.45, 7) is 2.11. The molecular formula is C19H23N3O5. The molecule has 2 N–H and O–H groups in total. The quantitative estimate of drug-likeness (QED) is 0.775. The molecule has 8 heteroatoms. The van der Waals surface area contributed by atoms with Gasteiger partial charge in [0.25, 0.3) is 5.56 Å². The lowest BCUT2D eigenvalue weighted by Crippen LogP contribution is -2.24. The van der Waals surface area contributed by atoms with Crippen molar-refractivity contribution in [1.82, 2.24) is 4.98 Å². The summed E-state index contributed by atoms with van der Waals surface area (Å²) in [5, 5.41) is 16.4. The Labute approximate surface area is 157 Å². The minimum Gasteiger partial charge on any atom is -0.505 e. The molecular weight excluding hydrogens is 350 g/mol. The maximum atomic E-state index is 12.7. The van der Waals surface area contributed by atoms with Gasteiger partial charge in [0, 0.05) is 5.69 Å². The van der Waals surface area contributed by atoms with Crippen LogP contribution in [0.1, 0.15) is 25.5 Å². The lowest BCUT2D eigenvalue weighted by Gasteiger charge is -2.21. The van der Waals surface area contributed by atoms with Crippen LogP contribution in [0.2, 0.25) is 0 Å². The molecule has 0 unspecified atom stereocenters. The standard InChI is InChI=1S/C19H23N3O5/c1-4-5-7-12-15(16-13(25-2)8-6-9-14(16)26-3)18(23)17(19(24)21-12)22-11-27-10-20-22/h6,8-10H,4-5,7,11H2,1-3H3,(H2,21,23,24). The Morgan fingerprint density at radius 2 is 1.96 bits per heavy atom. The van der Waals surface area contributed by atoms with Crippen molar-refractivity contribution in [3.05, 3.63) is 34.2 Å². The number of nitrogens with one attached hydrogen (secondary N) is 1. The molecule has 0 spiro atoms. The average Bonchev–Trinajstić information content (AvgIpc) is 3.20. The Hall–Kier alpha value is -3.16. The van der Waals surface area contributed by atoms with E-state index in [2.05, 4.69) is 17.0 Å². The van der Waals surface area contributed by atoms with Crippen LogP contribution in [0, 0.1) is 0 Å². The van der Waals surface area contributed by atoms with Gasteiger partial charge in [0.15, 0.2) is 24.6 Å². The highest BCUT2D eigenvalue weighted by Crippen LogP contribution is 2.46. The van der Waals surface area contributed by atoms with Gasteiger partial charge in [-0.05, 0) is 25.0 Å². The van der Waals surface area contributed by atoms with E-state index < -0.39 is 5.56 Å². The fraction of sp³-hybridized carbons (Fsp3) is 0.368. The summed E-state index contributed by atoms with van der Waals surface area (Å²) in [5.41, 5.74) is 1.25. The number of rotatable bonds is 7. The number of H-pyrrole nitrogens is 1. The van der Waals surface area contributed by atoms with Crippen LogP contribution in [-0.4, -0.2) is 37.4 Å². The number of aryl methyl sites for hydroxylation is 1. The van der Waals surface area contributed by atoms with Crippen LogP contribution in [0.3, 0.4) is 0 Å². The summed E-state index contributed by atoms with van der Waals surface area (Å²) >= 11 is 0. The molecule has 0 radical (unpaired) electrons. The first-order valence-electron chi connectivity index (χ1n) is 8.73. The number of benzene rings is 1. The molecule has 27 heavy (non-hydrogen) atoms. The number of anilines is 1. The number of nitrogens with zero attached hydrogens (tertiary/aromatic N) is 2. The molecule has 2 aromatic rings. The number of methoxy groups -OCH3 is 2. The molecule has 1 aromatic heterocycles. The molecule has 1 aliphatic rings. The third-order valence-electron chi connectivity index (χ3n) is 4.42. The number of hydrogen-bond acceptors (Lipinski definition) is 7. The first kappa shape index (κ1) is 18.6. The first-order chi connectivity index (χ1) is 13.1. The van der Waals surface area contributed by atoms with Crippen LogP contribution in [-0.2, 0) is 11.2 Å². The summed E-state index contributed by atoms with van der Waals surface area (Å²) < 4.78 is 16.1. The van der Waals surface area contributed by atoms with Gasteiger partial charge in [-0.2, -0.15) is 0 Å². The van der Waals surface area contributed by atoms with E-state index in [1.807, 2.05) is 0 Å². The maximum Gasteiger partial charge on any atom is 0.277 e. The second-order valence-electron chi connectivity index (χ2n) is 6.06. The molecule has 0 saturated heterocycles. The van der Waals surface area contributed by atoms with E-state index in [0.717, 1.165) is 12.8 Å². The predicted molar refractivity (Wildman–Crippen MR) is 103 cm³/mol. The number of aromatic nitrogens is 1. The van der Waals surface area contributed by atoms with Crippen LogP contribution in [0.25, 0.3) is 11.1 Å². The van der Waals surface area contributed by atoms with Gasteiger partial charge in [-0.15, -0.1) is 5.10 Å². The number of hydrazone groups is 1. The zero-order valence-electron chi connectivity index (χ0n) is 15.6. The van der Waals surface area contributed by atoms with Gasteiger partial charge in [0.2, 0.25) is 0 Å². The number of pyridine rings is 1. The largest absolute Gasteiger partial charge is 0.505 e. The topological polar surface area (TPSA) is 96.4 Å². The summed E-state index contributed by atoms with van der Waals surface area (Å²) in [6.07, 6.45) is 3.62. The molecule has 0 fully saturated rings. The molecule has 3 rings (SSSR count). The highest BCUT2D eigenvalue weighted by Gasteiger charge is 2.27. The van der Waals surface area contributed by atoms with Crippen LogP contribution in [0.4, 0.5) is 5.69 Å². The van der Waals surface area contributed by atoms with Crippen molar-refractivity contribution in [3.63, 3.8) is 0 Å². The van der Waals surface area contributed by atoms with Crippen LogP contribution < -0.4 is 20.0 Å². The predicted octanol–water partition coefficient (Wildman–Crippen LogP) is 2.84. The number of aromatic amines is 1. The molecule has 0 atom stereocenters. The van der Waals surface area contributed by atoms with E-state index in [0.29, 0.717) is 34.7 Å². The van der Waals surface area contributed by atoms with Gasteiger partial charge in [-0.1, -0.05) is 19.4 Å². The van der Waals surface area contributed by atoms with E-state index in [-0.39, 0.29) is 18.2 Å². The molecule has 0 saturated carbocycles. The van der Waals surface area contributed by atoms with Crippen molar-refractivity contribution in [2.45, 2.75) is 26.2 Å². The Morgan fingerprint density at radius 3 is 2.52 bits per heavy atom. The second-order valence-corrected chi connectivity index (χ2v) is 6.06. The van der Waals surface area contributed by atoms with Crippen molar-refractivity contribution in [2.75, 3.05) is 26.0 Å². The SMILES string of the molecule is CCCCc1[nH]c(=O)c(N2COC=N2)c(O)c1-c1c(OC)cccc1OC. The monoisotopic (exact) mass is 373 g/mol. The molecule has 1 aliphatic heterocycles. The summed E-state index contributed by atoms with van der Waals surface area (Å²) in [5.74, 6) is 0.874. The third kappa shape index (κ3) is 3.42. The fourth-order valence-electron chi connectivity index (χ4n) is 3.12. The Kier molecular flexibility index (Phi) is 5.54. The molecule has 1 aromatic carbocycles. The minimum atomic E-state index is -0.432. The minimum absolute atomic E-state index is 0.0203. The van der Waals surface area contributed by atoms with Crippen molar-refractivity contribution in [2.24, 2.45) is 5.10 Å². The van der Waals surface area contributed by atoms with Gasteiger partial charge in [0.1, 0.15) is 11.5 Å². The molecule has 8 nitrogen and oxygen atoms in total. The number of ether oxygens (including phenoxy) is 3.